The number of para-hydroxylation sites is 1. The average molecular weight is 434 g/mol. The van der Waals surface area contributed by atoms with Crippen LogP contribution in [0.15, 0.2) is 69.3 Å². The fourth-order valence-corrected chi connectivity index (χ4v) is 3.91. The summed E-state index contributed by atoms with van der Waals surface area (Å²) in [6, 6.07) is 17.1. The third-order valence-corrected chi connectivity index (χ3v) is 5.63. The summed E-state index contributed by atoms with van der Waals surface area (Å²) in [6.07, 6.45) is 1.95. The highest BCUT2D eigenvalue weighted by Gasteiger charge is 2.33. The van der Waals surface area contributed by atoms with E-state index >= 15 is 0 Å². The van der Waals surface area contributed by atoms with Gasteiger partial charge in [0, 0.05) is 13.0 Å². The van der Waals surface area contributed by atoms with Crippen molar-refractivity contribution in [1.82, 2.24) is 9.55 Å². The molecule has 1 aliphatic rings. The monoisotopic (exact) mass is 434 g/mol. The molecule has 3 aromatic rings. The van der Waals surface area contributed by atoms with Crippen molar-refractivity contribution in [2.75, 3.05) is 12.1 Å². The lowest BCUT2D eigenvalue weighted by atomic mass is 9.98. The van der Waals surface area contributed by atoms with Crippen molar-refractivity contribution in [3.8, 4) is 11.6 Å². The summed E-state index contributed by atoms with van der Waals surface area (Å²) in [6.45, 7) is 2.31. The van der Waals surface area contributed by atoms with Gasteiger partial charge in [-0.1, -0.05) is 43.7 Å². The second-order valence-electron chi connectivity index (χ2n) is 7.68. The minimum atomic E-state index is -0.637. The Labute approximate surface area is 185 Å². The molecule has 166 valence electrons. The Hall–Kier alpha value is -3.81. The number of hydrazone groups is 1. The van der Waals surface area contributed by atoms with Crippen molar-refractivity contribution in [3.05, 3.63) is 86.6 Å². The molecule has 0 amide bonds. The van der Waals surface area contributed by atoms with Crippen LogP contribution in [0.25, 0.3) is 0 Å². The minimum absolute atomic E-state index is 0.0395. The number of rotatable bonds is 7. The van der Waals surface area contributed by atoms with Gasteiger partial charge < -0.3 is 9.84 Å². The third-order valence-electron chi connectivity index (χ3n) is 5.63. The van der Waals surface area contributed by atoms with Crippen molar-refractivity contribution in [2.45, 2.75) is 38.8 Å². The molecule has 0 saturated carbocycles. The molecule has 4 rings (SSSR count). The molecule has 0 spiro atoms. The molecule has 1 aromatic heterocycles. The van der Waals surface area contributed by atoms with Crippen molar-refractivity contribution < 1.29 is 9.84 Å². The van der Waals surface area contributed by atoms with Gasteiger partial charge >= 0.3 is 5.69 Å². The number of ether oxygens (including phenoxy) is 1. The zero-order chi connectivity index (χ0) is 22.7. The normalized spacial score (nSPS) is 15.6. The van der Waals surface area contributed by atoms with Gasteiger partial charge in [-0.3, -0.25) is 19.4 Å². The summed E-state index contributed by atoms with van der Waals surface area (Å²) >= 11 is 0. The van der Waals surface area contributed by atoms with E-state index in [1.165, 1.54) is 4.57 Å². The van der Waals surface area contributed by atoms with Crippen molar-refractivity contribution in [2.24, 2.45) is 5.10 Å². The summed E-state index contributed by atoms with van der Waals surface area (Å²) in [5, 5.41) is 17.4. The molecule has 2 heterocycles. The summed E-state index contributed by atoms with van der Waals surface area (Å²) in [5.74, 6) is 0.408. The SMILES string of the molecule is CCCCn1c(O)c(C2=NN(c3ccccc3)C(c3ccc(OC)cc3)C2)c(=O)[nH]c1=O. The molecular weight excluding hydrogens is 408 g/mol. The largest absolute Gasteiger partial charge is 0.497 e. The first-order chi connectivity index (χ1) is 15.5. The molecule has 0 bridgehead atoms. The second kappa shape index (κ2) is 9.13. The smallest absolute Gasteiger partial charge is 0.331 e. The molecule has 2 aromatic carbocycles. The van der Waals surface area contributed by atoms with E-state index < -0.39 is 11.2 Å². The number of hydrogen-bond donors (Lipinski definition) is 2. The number of methoxy groups -OCH3 is 1. The number of nitrogens with one attached hydrogen (secondary N) is 1. The Kier molecular flexibility index (Phi) is 6.11. The van der Waals surface area contributed by atoms with Gasteiger partial charge in [0.05, 0.1) is 24.6 Å². The standard InChI is InChI=1S/C24H26N4O4/c1-3-4-14-27-23(30)21(22(29)25-24(27)31)19-15-20(16-10-12-18(32-2)13-11-16)28(26-19)17-8-6-5-7-9-17/h5-13,20,30H,3-4,14-15H2,1-2H3,(H,25,29,31). The van der Waals surface area contributed by atoms with Crippen LogP contribution in [0.1, 0.15) is 43.4 Å². The van der Waals surface area contributed by atoms with Crippen LogP contribution >= 0.6 is 0 Å². The third kappa shape index (κ3) is 4.03. The lowest BCUT2D eigenvalue weighted by molar-refractivity contribution is 0.394. The summed E-state index contributed by atoms with van der Waals surface area (Å²) in [4.78, 5) is 27.3. The van der Waals surface area contributed by atoms with Gasteiger partial charge in [-0.15, -0.1) is 0 Å². The number of hydrogen-bond acceptors (Lipinski definition) is 6. The highest BCUT2D eigenvalue weighted by molar-refractivity contribution is 6.04. The number of nitrogens with zero attached hydrogens (tertiary/aromatic N) is 3. The molecule has 8 heteroatoms. The Morgan fingerprint density at radius 1 is 1.12 bits per heavy atom. The second-order valence-corrected chi connectivity index (χ2v) is 7.68. The fourth-order valence-electron chi connectivity index (χ4n) is 3.91. The Bertz CT molecular complexity index is 1230. The fraction of sp³-hybridized carbons (Fsp3) is 0.292. The van der Waals surface area contributed by atoms with Crippen LogP contribution < -0.4 is 21.0 Å². The van der Waals surface area contributed by atoms with E-state index in [1.807, 2.05) is 66.5 Å². The summed E-state index contributed by atoms with van der Waals surface area (Å²) in [7, 11) is 1.62. The van der Waals surface area contributed by atoms with Gasteiger partial charge in [-0.05, 0) is 36.2 Å². The number of H-pyrrole nitrogens is 1. The van der Waals surface area contributed by atoms with Gasteiger partial charge in [-0.25, -0.2) is 4.79 Å². The number of unbranched alkanes of at least 4 members (excludes halogenated alkanes) is 1. The van der Waals surface area contributed by atoms with Crippen LogP contribution in [0.4, 0.5) is 5.69 Å². The number of aromatic hydroxyl groups is 1. The first kappa shape index (κ1) is 21.4. The Morgan fingerprint density at radius 3 is 2.50 bits per heavy atom. The first-order valence-corrected chi connectivity index (χ1v) is 10.7. The van der Waals surface area contributed by atoms with E-state index in [-0.39, 0.29) is 17.5 Å². The maximum atomic E-state index is 12.7. The maximum absolute atomic E-state index is 12.7. The van der Waals surface area contributed by atoms with Crippen LogP contribution in [0.5, 0.6) is 11.6 Å². The number of benzene rings is 2. The Morgan fingerprint density at radius 2 is 1.84 bits per heavy atom. The van der Waals surface area contributed by atoms with Crippen LogP contribution in [0.2, 0.25) is 0 Å². The maximum Gasteiger partial charge on any atom is 0.331 e. The molecule has 1 aliphatic heterocycles. The summed E-state index contributed by atoms with van der Waals surface area (Å²) in [5.41, 5.74) is 1.07. The van der Waals surface area contributed by atoms with E-state index in [4.69, 9.17) is 9.84 Å². The zero-order valence-electron chi connectivity index (χ0n) is 18.1. The molecule has 32 heavy (non-hydrogen) atoms. The number of anilines is 1. The molecule has 8 nitrogen and oxygen atoms in total. The average Bonchev–Trinajstić information content (AvgIpc) is 3.24. The minimum Gasteiger partial charge on any atom is -0.497 e. The topological polar surface area (TPSA) is 99.9 Å². The highest BCUT2D eigenvalue weighted by Crippen LogP contribution is 2.37. The lowest BCUT2D eigenvalue weighted by Crippen LogP contribution is -2.33. The van der Waals surface area contributed by atoms with Crippen molar-refractivity contribution >= 4 is 11.4 Å². The summed E-state index contributed by atoms with van der Waals surface area (Å²) < 4.78 is 6.47. The molecular formula is C24H26N4O4. The molecule has 1 unspecified atom stereocenters. The van der Waals surface area contributed by atoms with Crippen LogP contribution in [0, 0.1) is 0 Å². The molecule has 0 fully saturated rings. The van der Waals surface area contributed by atoms with Gasteiger partial charge in [0.2, 0.25) is 5.88 Å². The van der Waals surface area contributed by atoms with E-state index in [0.717, 1.165) is 23.4 Å². The van der Waals surface area contributed by atoms with Crippen molar-refractivity contribution in [3.63, 3.8) is 0 Å². The van der Waals surface area contributed by atoms with Crippen molar-refractivity contribution in [1.29, 1.82) is 0 Å². The van der Waals surface area contributed by atoms with E-state index in [2.05, 4.69) is 4.98 Å². The number of aromatic amines is 1. The number of aromatic nitrogens is 2. The molecule has 0 saturated heterocycles. The predicted molar refractivity (Wildman–Crippen MR) is 124 cm³/mol. The Balaban J connectivity index is 1.80. The highest BCUT2D eigenvalue weighted by atomic mass is 16.5. The van der Waals surface area contributed by atoms with Crippen LogP contribution in [0.3, 0.4) is 0 Å². The van der Waals surface area contributed by atoms with Gasteiger partial charge in [0.1, 0.15) is 11.3 Å². The van der Waals surface area contributed by atoms with E-state index in [1.54, 1.807) is 7.11 Å². The van der Waals surface area contributed by atoms with E-state index in [0.29, 0.717) is 25.1 Å². The zero-order valence-corrected chi connectivity index (χ0v) is 18.1. The molecule has 2 N–H and O–H groups in total. The van der Waals surface area contributed by atoms with Gasteiger partial charge in [-0.2, -0.15) is 5.10 Å². The van der Waals surface area contributed by atoms with Gasteiger partial charge in [0.25, 0.3) is 5.56 Å². The van der Waals surface area contributed by atoms with Gasteiger partial charge in [0.15, 0.2) is 0 Å². The molecule has 0 aliphatic carbocycles. The van der Waals surface area contributed by atoms with Crippen LogP contribution in [-0.2, 0) is 6.54 Å². The first-order valence-electron chi connectivity index (χ1n) is 10.7. The van der Waals surface area contributed by atoms with Crippen LogP contribution in [-0.4, -0.2) is 27.5 Å². The lowest BCUT2D eigenvalue weighted by Gasteiger charge is -2.24. The predicted octanol–water partition coefficient (Wildman–Crippen LogP) is 3.41. The molecule has 1 atom stereocenters. The van der Waals surface area contributed by atoms with E-state index in [9.17, 15) is 14.7 Å². The molecule has 0 radical (unpaired) electrons. The quantitative estimate of drug-likeness (QED) is 0.594.